The SMILES string of the molecule is CCCCC/C=C/C/C=C/C/C=C/CCCCC(=O)OC[C@H](COP(=O)(O)OC1C(O)C(O)C(O)[C@@H](O)C1O)OC(=O)CCCCCCCCCCCCCCCCCCCCC. The molecule has 368 valence electrons. The lowest BCUT2D eigenvalue weighted by molar-refractivity contribution is -0.220. The lowest BCUT2D eigenvalue weighted by atomic mass is 9.85. The molecule has 0 heterocycles. The van der Waals surface area contributed by atoms with E-state index in [1.54, 1.807) is 0 Å². The number of hydrogen-bond donors (Lipinski definition) is 6. The van der Waals surface area contributed by atoms with Crippen LogP contribution in [-0.4, -0.2) is 98.3 Å². The third-order valence-electron chi connectivity index (χ3n) is 11.5. The highest BCUT2D eigenvalue weighted by Gasteiger charge is 2.51. The number of hydrogen-bond acceptors (Lipinski definition) is 12. The number of carbonyl (C=O) groups is 2. The zero-order valence-corrected chi connectivity index (χ0v) is 40.0. The molecule has 0 spiro atoms. The van der Waals surface area contributed by atoms with Gasteiger partial charge in [-0.25, -0.2) is 4.57 Å². The van der Waals surface area contributed by atoms with Crippen LogP contribution in [0, 0.1) is 0 Å². The Balaban J connectivity index is 2.43. The molecule has 13 nitrogen and oxygen atoms in total. The van der Waals surface area contributed by atoms with E-state index in [2.05, 4.69) is 50.3 Å². The van der Waals surface area contributed by atoms with Crippen molar-refractivity contribution in [2.75, 3.05) is 13.2 Å². The van der Waals surface area contributed by atoms with Crippen molar-refractivity contribution in [2.24, 2.45) is 0 Å². The fourth-order valence-corrected chi connectivity index (χ4v) is 8.44. The van der Waals surface area contributed by atoms with Crippen LogP contribution in [0.1, 0.15) is 206 Å². The molecule has 0 radical (unpaired) electrons. The monoisotopic (exact) mass is 917 g/mol. The molecule has 8 atom stereocenters. The van der Waals surface area contributed by atoms with Crippen molar-refractivity contribution < 1.29 is 63.1 Å². The van der Waals surface area contributed by atoms with Gasteiger partial charge in [-0.15, -0.1) is 0 Å². The zero-order chi connectivity index (χ0) is 46.4. The van der Waals surface area contributed by atoms with Crippen LogP contribution in [0.3, 0.4) is 0 Å². The molecule has 0 amide bonds. The standard InChI is InChI=1S/C49H89O13P/c1-3-5-7-9-11-13-15-17-19-20-21-22-24-26-28-30-32-34-36-38-43(51)61-41(40-60-63(57,58)62-49-47(55)45(53)44(52)46(54)48(49)56)39-59-42(50)37-35-33-31-29-27-25-23-18-16-14-12-10-8-6-4-2/h12,14,18,23,27,29,41,44-49,52-56H,3-11,13,15-17,19-22,24-26,28,30-40H2,1-2H3,(H,57,58)/b14-12+,23-18+,29-27+/t41-,44?,45-,46?,47?,48?,49?/m1/s1. The number of aliphatic hydroxyl groups is 5. The van der Waals surface area contributed by atoms with Gasteiger partial charge in [0.25, 0.3) is 0 Å². The number of rotatable bonds is 41. The predicted molar refractivity (Wildman–Crippen MR) is 249 cm³/mol. The van der Waals surface area contributed by atoms with Gasteiger partial charge < -0.3 is 39.9 Å². The molecule has 1 aliphatic carbocycles. The van der Waals surface area contributed by atoms with Gasteiger partial charge >= 0.3 is 19.8 Å². The van der Waals surface area contributed by atoms with Gasteiger partial charge in [-0.1, -0.05) is 179 Å². The van der Waals surface area contributed by atoms with E-state index in [0.717, 1.165) is 57.8 Å². The zero-order valence-electron chi connectivity index (χ0n) is 39.1. The maximum absolute atomic E-state index is 12.8. The lowest BCUT2D eigenvalue weighted by Gasteiger charge is -2.41. The average Bonchev–Trinajstić information content (AvgIpc) is 3.26. The Morgan fingerprint density at radius 1 is 0.492 bits per heavy atom. The molecule has 0 aliphatic heterocycles. The van der Waals surface area contributed by atoms with E-state index in [-0.39, 0.29) is 12.8 Å². The smallest absolute Gasteiger partial charge is 0.462 e. The van der Waals surface area contributed by atoms with Crippen molar-refractivity contribution in [1.82, 2.24) is 0 Å². The minimum atomic E-state index is -5.13. The summed E-state index contributed by atoms with van der Waals surface area (Å²) in [5.41, 5.74) is 0. The molecule has 14 heteroatoms. The van der Waals surface area contributed by atoms with Crippen molar-refractivity contribution in [3.05, 3.63) is 36.5 Å². The van der Waals surface area contributed by atoms with E-state index in [9.17, 15) is 44.6 Å². The summed E-state index contributed by atoms with van der Waals surface area (Å²) in [5.74, 6) is -1.14. The number of carbonyl (C=O) groups excluding carboxylic acids is 2. The highest BCUT2D eigenvalue weighted by molar-refractivity contribution is 7.47. The quantitative estimate of drug-likeness (QED) is 0.0146. The summed E-state index contributed by atoms with van der Waals surface area (Å²) in [7, 11) is -5.13. The summed E-state index contributed by atoms with van der Waals surface area (Å²) < 4.78 is 33.6. The summed E-state index contributed by atoms with van der Waals surface area (Å²) in [6, 6.07) is 0. The molecule has 1 saturated carbocycles. The second-order valence-electron chi connectivity index (χ2n) is 17.3. The van der Waals surface area contributed by atoms with Crippen LogP contribution < -0.4 is 0 Å². The van der Waals surface area contributed by atoms with Gasteiger partial charge in [0.1, 0.15) is 43.2 Å². The van der Waals surface area contributed by atoms with E-state index in [0.29, 0.717) is 12.8 Å². The Kier molecular flexibility index (Phi) is 36.8. The molecule has 0 bridgehead atoms. The molecule has 0 aromatic carbocycles. The molecule has 0 saturated heterocycles. The van der Waals surface area contributed by atoms with Crippen LogP contribution in [0.15, 0.2) is 36.5 Å². The Morgan fingerprint density at radius 2 is 0.857 bits per heavy atom. The molecular formula is C49H89O13P. The fourth-order valence-electron chi connectivity index (χ4n) is 7.47. The summed E-state index contributed by atoms with van der Waals surface area (Å²) in [4.78, 5) is 35.7. The van der Waals surface area contributed by atoms with E-state index in [4.69, 9.17) is 18.5 Å². The fraction of sp³-hybridized carbons (Fsp3) is 0.837. The van der Waals surface area contributed by atoms with Crippen LogP contribution in [0.2, 0.25) is 0 Å². The number of phosphoric acid groups is 1. The number of esters is 2. The maximum atomic E-state index is 12.8. The maximum Gasteiger partial charge on any atom is 0.472 e. The lowest BCUT2D eigenvalue weighted by Crippen LogP contribution is -2.64. The van der Waals surface area contributed by atoms with Gasteiger partial charge in [-0.05, 0) is 51.4 Å². The molecule has 6 N–H and O–H groups in total. The van der Waals surface area contributed by atoms with E-state index < -0.39 is 75.7 Å². The van der Waals surface area contributed by atoms with Gasteiger partial charge in [0, 0.05) is 12.8 Å². The Hall–Kier alpha value is -1.93. The van der Waals surface area contributed by atoms with Crippen molar-refractivity contribution in [3.63, 3.8) is 0 Å². The number of unbranched alkanes of at least 4 members (excludes halogenated alkanes) is 23. The first-order valence-corrected chi connectivity index (χ1v) is 26.3. The van der Waals surface area contributed by atoms with Crippen LogP contribution in [0.25, 0.3) is 0 Å². The van der Waals surface area contributed by atoms with E-state index in [1.165, 1.54) is 109 Å². The third-order valence-corrected chi connectivity index (χ3v) is 12.5. The Morgan fingerprint density at radius 3 is 1.33 bits per heavy atom. The van der Waals surface area contributed by atoms with Crippen molar-refractivity contribution in [2.45, 2.75) is 249 Å². The topological polar surface area (TPSA) is 210 Å². The van der Waals surface area contributed by atoms with Crippen LogP contribution in [-0.2, 0) is 32.7 Å². The summed E-state index contributed by atoms with van der Waals surface area (Å²) in [5, 5.41) is 50.2. The predicted octanol–water partition coefficient (Wildman–Crippen LogP) is 10.2. The van der Waals surface area contributed by atoms with Gasteiger partial charge in [-0.2, -0.15) is 0 Å². The average molecular weight is 917 g/mol. The second-order valence-corrected chi connectivity index (χ2v) is 18.7. The van der Waals surface area contributed by atoms with Gasteiger partial charge in [0.15, 0.2) is 6.10 Å². The van der Waals surface area contributed by atoms with E-state index in [1.807, 2.05) is 0 Å². The molecule has 63 heavy (non-hydrogen) atoms. The van der Waals surface area contributed by atoms with E-state index >= 15 is 0 Å². The number of allylic oxidation sites excluding steroid dienone is 6. The summed E-state index contributed by atoms with van der Waals surface area (Å²) in [6.07, 6.45) is 32.0. The summed E-state index contributed by atoms with van der Waals surface area (Å²) >= 11 is 0. The first-order chi connectivity index (χ1) is 30.4. The van der Waals surface area contributed by atoms with Crippen molar-refractivity contribution in [3.8, 4) is 0 Å². The van der Waals surface area contributed by atoms with Gasteiger partial charge in [0.05, 0.1) is 6.61 Å². The first-order valence-electron chi connectivity index (χ1n) is 24.8. The molecule has 0 aromatic rings. The normalized spacial score (nSPS) is 22.0. The number of aliphatic hydroxyl groups excluding tert-OH is 5. The minimum Gasteiger partial charge on any atom is -0.462 e. The molecule has 1 fully saturated rings. The third kappa shape index (κ3) is 31.6. The van der Waals surface area contributed by atoms with Crippen LogP contribution >= 0.6 is 7.82 Å². The molecule has 0 aromatic heterocycles. The van der Waals surface area contributed by atoms with Gasteiger partial charge in [-0.3, -0.25) is 18.6 Å². The largest absolute Gasteiger partial charge is 0.472 e. The molecule has 1 rings (SSSR count). The minimum absolute atomic E-state index is 0.0919. The number of phosphoric ester groups is 1. The Bertz CT molecular complexity index is 1240. The Labute approximate surface area is 380 Å². The highest BCUT2D eigenvalue weighted by atomic mass is 31.2. The number of ether oxygens (including phenoxy) is 2. The van der Waals surface area contributed by atoms with Crippen LogP contribution in [0.5, 0.6) is 0 Å². The van der Waals surface area contributed by atoms with Crippen molar-refractivity contribution in [1.29, 1.82) is 0 Å². The second kappa shape index (κ2) is 39.3. The molecule has 6 unspecified atom stereocenters. The van der Waals surface area contributed by atoms with Crippen LogP contribution in [0.4, 0.5) is 0 Å². The van der Waals surface area contributed by atoms with Gasteiger partial charge in [0.2, 0.25) is 0 Å². The molecular weight excluding hydrogens is 827 g/mol. The highest BCUT2D eigenvalue weighted by Crippen LogP contribution is 2.47. The first kappa shape index (κ1) is 59.1. The van der Waals surface area contributed by atoms with Crippen molar-refractivity contribution >= 4 is 19.8 Å². The molecule has 1 aliphatic rings. The summed E-state index contributed by atoms with van der Waals surface area (Å²) in [6.45, 7) is 3.26.